The Balaban J connectivity index is 2.05. The van der Waals surface area contributed by atoms with Crippen molar-refractivity contribution in [2.45, 2.75) is 31.5 Å². The van der Waals surface area contributed by atoms with E-state index in [1.807, 2.05) is 18.4 Å². The highest BCUT2D eigenvalue weighted by molar-refractivity contribution is 7.99. The topological polar surface area (TPSA) is 59.8 Å². The second kappa shape index (κ2) is 8.94. The lowest BCUT2D eigenvalue weighted by atomic mass is 10.2. The zero-order valence-corrected chi connectivity index (χ0v) is 16.8. The fourth-order valence-electron chi connectivity index (χ4n) is 2.07. The molecule has 0 bridgehead atoms. The number of anilines is 1. The van der Waals surface area contributed by atoms with E-state index in [-0.39, 0.29) is 17.6 Å². The Morgan fingerprint density at radius 3 is 2.60 bits per heavy atom. The van der Waals surface area contributed by atoms with E-state index in [0.717, 1.165) is 5.82 Å². The summed E-state index contributed by atoms with van der Waals surface area (Å²) in [4.78, 5) is 12.2. The third-order valence-electron chi connectivity index (χ3n) is 3.19. The Morgan fingerprint density at radius 2 is 1.96 bits per heavy atom. The van der Waals surface area contributed by atoms with Crippen LogP contribution in [-0.2, 0) is 11.3 Å². The molecule has 0 fully saturated rings. The summed E-state index contributed by atoms with van der Waals surface area (Å²) in [5.41, 5.74) is 0.414. The number of allylic oxidation sites excluding steroid dienone is 1. The first-order chi connectivity index (χ1) is 11.8. The minimum atomic E-state index is -0.232. The van der Waals surface area contributed by atoms with Gasteiger partial charge in [-0.05, 0) is 12.1 Å². The minimum Gasteiger partial charge on any atom is -0.324 e. The number of thioether (sulfide) groups is 1. The van der Waals surface area contributed by atoms with Gasteiger partial charge in [0.2, 0.25) is 5.91 Å². The Bertz CT molecular complexity index is 792. The van der Waals surface area contributed by atoms with Gasteiger partial charge in [0.15, 0.2) is 5.16 Å². The maximum Gasteiger partial charge on any atom is 0.234 e. The molecule has 0 aliphatic carbocycles. The van der Waals surface area contributed by atoms with Crippen LogP contribution in [0.15, 0.2) is 29.9 Å². The summed E-state index contributed by atoms with van der Waals surface area (Å²) in [5.74, 6) is 1.01. The molecule has 0 atom stereocenters. The molecule has 5 nitrogen and oxygen atoms in total. The largest absolute Gasteiger partial charge is 0.324 e. The zero-order chi connectivity index (χ0) is 18.6. The molecule has 0 aliphatic rings. The predicted molar refractivity (Wildman–Crippen MR) is 105 cm³/mol. The normalized spacial score (nSPS) is 11.0. The van der Waals surface area contributed by atoms with Gasteiger partial charge in [-0.1, -0.05) is 66.5 Å². The van der Waals surface area contributed by atoms with Crippen LogP contribution in [0.1, 0.15) is 25.6 Å². The van der Waals surface area contributed by atoms with E-state index in [9.17, 15) is 4.79 Å². The third kappa shape index (κ3) is 5.14. The van der Waals surface area contributed by atoms with Crippen molar-refractivity contribution in [2.24, 2.45) is 0 Å². The zero-order valence-electron chi connectivity index (χ0n) is 13.7. The van der Waals surface area contributed by atoms with Crippen molar-refractivity contribution in [3.8, 4) is 0 Å². The van der Waals surface area contributed by atoms with Gasteiger partial charge in [0.25, 0.3) is 0 Å². The van der Waals surface area contributed by atoms with Crippen molar-refractivity contribution in [1.29, 1.82) is 0 Å². The maximum atomic E-state index is 12.2. The maximum absolute atomic E-state index is 12.2. The third-order valence-corrected chi connectivity index (χ3v) is 5.19. The molecule has 0 aliphatic heterocycles. The molecule has 1 aromatic heterocycles. The summed E-state index contributed by atoms with van der Waals surface area (Å²) in [7, 11) is 0. The molecule has 2 aromatic rings. The number of nitrogens with zero attached hydrogens (tertiary/aromatic N) is 3. The molecule has 0 saturated carbocycles. The van der Waals surface area contributed by atoms with Crippen molar-refractivity contribution >= 4 is 58.2 Å². The molecule has 25 heavy (non-hydrogen) atoms. The second-order valence-corrected chi connectivity index (χ2v) is 7.64. The highest BCUT2D eigenvalue weighted by Gasteiger charge is 2.16. The van der Waals surface area contributed by atoms with Gasteiger partial charge < -0.3 is 9.88 Å². The molecule has 0 spiro atoms. The van der Waals surface area contributed by atoms with Gasteiger partial charge in [-0.2, -0.15) is 0 Å². The number of hydrogen-bond acceptors (Lipinski definition) is 4. The van der Waals surface area contributed by atoms with Crippen LogP contribution in [0, 0.1) is 0 Å². The predicted octanol–water partition coefficient (Wildman–Crippen LogP) is 5.28. The van der Waals surface area contributed by atoms with E-state index in [4.69, 9.17) is 34.8 Å². The van der Waals surface area contributed by atoms with Crippen LogP contribution < -0.4 is 5.32 Å². The number of hydrogen-bond donors (Lipinski definition) is 1. The lowest BCUT2D eigenvalue weighted by Gasteiger charge is -2.10. The number of nitrogens with one attached hydrogen (secondary N) is 1. The summed E-state index contributed by atoms with van der Waals surface area (Å²) < 4.78 is 1.95. The minimum absolute atomic E-state index is 0.157. The molecule has 2 rings (SSSR count). The van der Waals surface area contributed by atoms with Crippen LogP contribution in [0.3, 0.4) is 0 Å². The average Bonchev–Trinajstić information content (AvgIpc) is 2.94. The molecule has 1 aromatic carbocycles. The Morgan fingerprint density at radius 1 is 1.28 bits per heavy atom. The molecule has 1 amide bonds. The number of halogens is 3. The first-order valence-electron chi connectivity index (χ1n) is 7.44. The van der Waals surface area contributed by atoms with E-state index in [1.165, 1.54) is 23.9 Å². The highest BCUT2D eigenvalue weighted by Crippen LogP contribution is 2.32. The molecule has 134 valence electrons. The summed E-state index contributed by atoms with van der Waals surface area (Å²) in [6.07, 6.45) is 1.77. The number of carbonyl (C=O) groups is 1. The average molecular weight is 420 g/mol. The van der Waals surface area contributed by atoms with Gasteiger partial charge in [0, 0.05) is 12.5 Å². The Hall–Kier alpha value is -1.21. The standard InChI is InChI=1S/C16H17Cl3N4OS/c1-4-5-23-15(9(2)3)21-22-16(23)25-8-14(24)20-13-7-11(18)10(17)6-12(13)19/h4,6-7,9H,1,5,8H2,2-3H3,(H,20,24). The van der Waals surface area contributed by atoms with E-state index in [0.29, 0.717) is 32.5 Å². The van der Waals surface area contributed by atoms with Crippen LogP contribution in [0.5, 0.6) is 0 Å². The van der Waals surface area contributed by atoms with Crippen molar-refractivity contribution in [3.63, 3.8) is 0 Å². The quantitative estimate of drug-likeness (QED) is 0.377. The van der Waals surface area contributed by atoms with Gasteiger partial charge >= 0.3 is 0 Å². The first-order valence-corrected chi connectivity index (χ1v) is 9.56. The monoisotopic (exact) mass is 418 g/mol. The van der Waals surface area contributed by atoms with Crippen molar-refractivity contribution in [1.82, 2.24) is 14.8 Å². The molecular weight excluding hydrogens is 403 g/mol. The number of amides is 1. The smallest absolute Gasteiger partial charge is 0.234 e. The first kappa shape index (κ1) is 20.1. The lowest BCUT2D eigenvalue weighted by Crippen LogP contribution is -2.15. The van der Waals surface area contributed by atoms with E-state index < -0.39 is 0 Å². The van der Waals surface area contributed by atoms with Gasteiger partial charge in [0.1, 0.15) is 5.82 Å². The van der Waals surface area contributed by atoms with E-state index >= 15 is 0 Å². The number of aromatic nitrogens is 3. The highest BCUT2D eigenvalue weighted by atomic mass is 35.5. The van der Waals surface area contributed by atoms with Crippen LogP contribution >= 0.6 is 46.6 Å². The van der Waals surface area contributed by atoms with Gasteiger partial charge in [-0.25, -0.2) is 0 Å². The fourth-order valence-corrected chi connectivity index (χ4v) is 3.42. The van der Waals surface area contributed by atoms with E-state index in [1.54, 1.807) is 6.08 Å². The Kier molecular flexibility index (Phi) is 7.19. The molecular formula is C16H17Cl3N4OS. The lowest BCUT2D eigenvalue weighted by molar-refractivity contribution is -0.113. The van der Waals surface area contributed by atoms with E-state index in [2.05, 4.69) is 22.1 Å². The van der Waals surface area contributed by atoms with Gasteiger partial charge in [-0.15, -0.1) is 16.8 Å². The summed E-state index contributed by atoms with van der Waals surface area (Å²) >= 11 is 19.2. The van der Waals surface area contributed by atoms with Crippen LogP contribution in [0.4, 0.5) is 5.69 Å². The molecule has 9 heteroatoms. The second-order valence-electron chi connectivity index (χ2n) is 5.48. The van der Waals surface area contributed by atoms with Crippen molar-refractivity contribution < 1.29 is 4.79 Å². The number of benzene rings is 1. The molecule has 1 heterocycles. The molecule has 0 radical (unpaired) electrons. The molecule has 1 N–H and O–H groups in total. The van der Waals surface area contributed by atoms with Crippen molar-refractivity contribution in [3.05, 3.63) is 45.7 Å². The van der Waals surface area contributed by atoms with Crippen LogP contribution in [0.25, 0.3) is 0 Å². The molecule has 0 unspecified atom stereocenters. The number of rotatable bonds is 7. The van der Waals surface area contributed by atoms with Gasteiger partial charge in [0.05, 0.1) is 26.5 Å². The Labute approximate surface area is 165 Å². The summed E-state index contributed by atoms with van der Waals surface area (Å²) in [6, 6.07) is 3.01. The summed E-state index contributed by atoms with van der Waals surface area (Å²) in [5, 5.41) is 12.7. The molecule has 0 saturated heterocycles. The summed E-state index contributed by atoms with van der Waals surface area (Å²) in [6.45, 7) is 8.41. The van der Waals surface area contributed by atoms with Crippen molar-refractivity contribution in [2.75, 3.05) is 11.1 Å². The number of carbonyl (C=O) groups excluding carboxylic acids is 1. The van der Waals surface area contributed by atoms with Crippen LogP contribution in [0.2, 0.25) is 15.1 Å². The SMILES string of the molecule is C=CCn1c(SCC(=O)Nc2cc(Cl)c(Cl)cc2Cl)nnc1C(C)C. The van der Waals surface area contributed by atoms with Gasteiger partial charge in [-0.3, -0.25) is 4.79 Å². The van der Waals surface area contributed by atoms with Crippen LogP contribution in [-0.4, -0.2) is 26.4 Å². The fraction of sp³-hybridized carbons (Fsp3) is 0.312.